The Hall–Kier alpha value is -1.43. The van der Waals surface area contributed by atoms with Crippen molar-refractivity contribution in [3.63, 3.8) is 0 Å². The van der Waals surface area contributed by atoms with Gasteiger partial charge < -0.3 is 4.90 Å². The van der Waals surface area contributed by atoms with Crippen molar-refractivity contribution in [1.82, 2.24) is 4.90 Å². The molecule has 0 aliphatic carbocycles. The van der Waals surface area contributed by atoms with Gasteiger partial charge in [0.25, 0.3) is 11.6 Å². The molecule has 1 aromatic rings. The summed E-state index contributed by atoms with van der Waals surface area (Å²) in [5.74, 6) is -0.247. The minimum Gasteiger partial charge on any atom is -0.338 e. The first-order valence-corrected chi connectivity index (χ1v) is 6.62. The van der Waals surface area contributed by atoms with Gasteiger partial charge in [-0.15, -0.1) is 0 Å². The summed E-state index contributed by atoms with van der Waals surface area (Å²) < 4.78 is 0.674. The molecular weight excluding hydrogens is 300 g/mol. The number of amides is 1. The summed E-state index contributed by atoms with van der Waals surface area (Å²) in [6.45, 7) is 1.37. The van der Waals surface area contributed by atoms with E-state index in [0.29, 0.717) is 17.6 Å². The van der Waals surface area contributed by atoms with Crippen LogP contribution in [0.4, 0.5) is 5.69 Å². The molecule has 18 heavy (non-hydrogen) atoms. The van der Waals surface area contributed by atoms with Crippen LogP contribution in [0.3, 0.4) is 0 Å². The monoisotopic (exact) mass is 312 g/mol. The Morgan fingerprint density at radius 1 is 1.28 bits per heavy atom. The average Bonchev–Trinajstić information content (AvgIpc) is 2.38. The van der Waals surface area contributed by atoms with Gasteiger partial charge in [-0.05, 0) is 31.4 Å². The number of hydrogen-bond donors (Lipinski definition) is 0. The molecule has 1 heterocycles. The first kappa shape index (κ1) is 13.0. The molecule has 0 unspecified atom stereocenters. The molecule has 0 N–H and O–H groups in total. The third kappa shape index (κ3) is 2.69. The maximum absolute atomic E-state index is 12.3. The highest BCUT2D eigenvalue weighted by Gasteiger charge is 2.25. The van der Waals surface area contributed by atoms with Crippen molar-refractivity contribution in [3.05, 3.63) is 38.3 Å². The van der Waals surface area contributed by atoms with E-state index in [0.717, 1.165) is 19.3 Å². The maximum atomic E-state index is 12.3. The van der Waals surface area contributed by atoms with Crippen LogP contribution in [-0.4, -0.2) is 28.8 Å². The lowest BCUT2D eigenvalue weighted by atomic mass is 10.1. The Bertz CT molecular complexity index is 484. The molecule has 1 aliphatic rings. The fraction of sp³-hybridized carbons (Fsp3) is 0.417. The molecule has 1 fully saturated rings. The molecule has 96 valence electrons. The zero-order valence-electron chi connectivity index (χ0n) is 9.76. The number of nitrogens with zero attached hydrogens (tertiary/aromatic N) is 2. The van der Waals surface area contributed by atoms with Crippen LogP contribution in [0.15, 0.2) is 22.7 Å². The molecule has 1 aliphatic heterocycles. The number of rotatable bonds is 2. The summed E-state index contributed by atoms with van der Waals surface area (Å²) in [6, 6.07) is 4.46. The van der Waals surface area contributed by atoms with Crippen LogP contribution < -0.4 is 0 Å². The highest BCUT2D eigenvalue weighted by atomic mass is 79.9. The molecule has 0 radical (unpaired) electrons. The normalized spacial score (nSPS) is 15.5. The zero-order valence-corrected chi connectivity index (χ0v) is 11.4. The van der Waals surface area contributed by atoms with Gasteiger partial charge in [0.05, 0.1) is 4.92 Å². The maximum Gasteiger partial charge on any atom is 0.282 e. The van der Waals surface area contributed by atoms with Crippen molar-refractivity contribution in [2.45, 2.75) is 19.3 Å². The number of nitro groups is 1. The molecule has 5 nitrogen and oxygen atoms in total. The summed E-state index contributed by atoms with van der Waals surface area (Å²) in [5, 5.41) is 10.9. The van der Waals surface area contributed by atoms with Gasteiger partial charge in [0.15, 0.2) is 0 Å². The summed E-state index contributed by atoms with van der Waals surface area (Å²) in [7, 11) is 0. The fourth-order valence-electron chi connectivity index (χ4n) is 2.11. The minimum atomic E-state index is -0.510. The van der Waals surface area contributed by atoms with Crippen LogP contribution in [0, 0.1) is 10.1 Å². The number of likely N-dealkylation sites (tertiary alicyclic amines) is 1. The van der Waals surface area contributed by atoms with E-state index in [1.807, 2.05) is 0 Å². The summed E-state index contributed by atoms with van der Waals surface area (Å²) in [5.41, 5.74) is 0.0325. The lowest BCUT2D eigenvalue weighted by Crippen LogP contribution is -2.35. The largest absolute Gasteiger partial charge is 0.338 e. The van der Waals surface area contributed by atoms with Gasteiger partial charge in [0.2, 0.25) is 0 Å². The molecule has 0 spiro atoms. The standard InChI is InChI=1S/C12H13BrN2O3/c13-9-4-5-11(15(17)18)10(8-9)12(16)14-6-2-1-3-7-14/h4-5,8H,1-3,6-7H2. The minimum absolute atomic E-state index is 0.131. The Morgan fingerprint density at radius 3 is 2.56 bits per heavy atom. The van der Waals surface area contributed by atoms with Crippen LogP contribution in [0.25, 0.3) is 0 Å². The van der Waals surface area contributed by atoms with Gasteiger partial charge in [0.1, 0.15) is 5.56 Å². The Balaban J connectivity index is 2.33. The third-order valence-corrected chi connectivity index (χ3v) is 3.52. The summed E-state index contributed by atoms with van der Waals surface area (Å²) >= 11 is 3.24. The van der Waals surface area contributed by atoms with E-state index in [4.69, 9.17) is 0 Å². The van der Waals surface area contributed by atoms with Gasteiger partial charge in [-0.2, -0.15) is 0 Å². The first-order valence-electron chi connectivity index (χ1n) is 5.83. The number of halogens is 1. The molecule has 6 heteroatoms. The van der Waals surface area contributed by atoms with E-state index in [1.165, 1.54) is 12.1 Å². The van der Waals surface area contributed by atoms with Crippen LogP contribution in [0.2, 0.25) is 0 Å². The van der Waals surface area contributed by atoms with Crippen LogP contribution in [-0.2, 0) is 0 Å². The van der Waals surface area contributed by atoms with Crippen LogP contribution >= 0.6 is 15.9 Å². The van der Waals surface area contributed by atoms with E-state index in [9.17, 15) is 14.9 Å². The van der Waals surface area contributed by atoms with Crippen molar-refractivity contribution in [1.29, 1.82) is 0 Å². The number of piperidine rings is 1. The predicted molar refractivity (Wildman–Crippen MR) is 70.6 cm³/mol. The molecule has 1 amide bonds. The van der Waals surface area contributed by atoms with Gasteiger partial charge in [-0.3, -0.25) is 14.9 Å². The van der Waals surface area contributed by atoms with Crippen LogP contribution in [0.5, 0.6) is 0 Å². The lowest BCUT2D eigenvalue weighted by molar-refractivity contribution is -0.385. The molecule has 0 saturated carbocycles. The van der Waals surface area contributed by atoms with E-state index >= 15 is 0 Å². The van der Waals surface area contributed by atoms with Crippen molar-refractivity contribution in [2.75, 3.05) is 13.1 Å². The van der Waals surface area contributed by atoms with Gasteiger partial charge >= 0.3 is 0 Å². The van der Waals surface area contributed by atoms with Gasteiger partial charge in [-0.25, -0.2) is 0 Å². The SMILES string of the molecule is O=C(c1cc(Br)ccc1[N+](=O)[O-])N1CCCCC1. The second kappa shape index (κ2) is 5.48. The second-order valence-electron chi connectivity index (χ2n) is 4.27. The smallest absolute Gasteiger partial charge is 0.282 e. The molecule has 2 rings (SSSR count). The number of carbonyl (C=O) groups is 1. The quantitative estimate of drug-likeness (QED) is 0.623. The molecular formula is C12H13BrN2O3. The van der Waals surface area contributed by atoms with Crippen molar-refractivity contribution < 1.29 is 9.72 Å². The Morgan fingerprint density at radius 2 is 1.94 bits per heavy atom. The third-order valence-electron chi connectivity index (χ3n) is 3.03. The molecule has 0 atom stereocenters. The number of carbonyl (C=O) groups excluding carboxylic acids is 1. The molecule has 1 saturated heterocycles. The number of hydrogen-bond acceptors (Lipinski definition) is 3. The van der Waals surface area contributed by atoms with Gasteiger partial charge in [0, 0.05) is 23.6 Å². The summed E-state index contributed by atoms with van der Waals surface area (Å²) in [6.07, 6.45) is 3.05. The van der Waals surface area contributed by atoms with E-state index in [1.54, 1.807) is 11.0 Å². The van der Waals surface area contributed by atoms with E-state index < -0.39 is 4.92 Å². The molecule has 0 aromatic heterocycles. The van der Waals surface area contributed by atoms with Crippen LogP contribution in [0.1, 0.15) is 29.6 Å². The zero-order chi connectivity index (χ0) is 13.1. The topological polar surface area (TPSA) is 63.4 Å². The Labute approximate surface area is 113 Å². The van der Waals surface area contributed by atoms with E-state index in [2.05, 4.69) is 15.9 Å². The number of benzene rings is 1. The highest BCUT2D eigenvalue weighted by molar-refractivity contribution is 9.10. The first-order chi connectivity index (χ1) is 8.59. The second-order valence-corrected chi connectivity index (χ2v) is 5.19. The van der Waals surface area contributed by atoms with Crippen molar-refractivity contribution >= 4 is 27.5 Å². The predicted octanol–water partition coefficient (Wildman–Crippen LogP) is 2.98. The Kier molecular flexibility index (Phi) is 3.96. The van der Waals surface area contributed by atoms with Crippen molar-refractivity contribution in [3.8, 4) is 0 Å². The fourth-order valence-corrected chi connectivity index (χ4v) is 2.47. The van der Waals surface area contributed by atoms with E-state index in [-0.39, 0.29) is 17.2 Å². The molecule has 1 aromatic carbocycles. The summed E-state index contributed by atoms with van der Waals surface area (Å²) in [4.78, 5) is 24.4. The number of nitro benzene ring substituents is 1. The lowest BCUT2D eigenvalue weighted by Gasteiger charge is -2.26. The molecule has 0 bridgehead atoms. The average molecular weight is 313 g/mol. The van der Waals surface area contributed by atoms with Gasteiger partial charge in [-0.1, -0.05) is 15.9 Å². The van der Waals surface area contributed by atoms with Crippen molar-refractivity contribution in [2.24, 2.45) is 0 Å². The highest BCUT2D eigenvalue weighted by Crippen LogP contribution is 2.25.